The number of methoxy groups -OCH3 is 1. The Bertz CT molecular complexity index is 564. The van der Waals surface area contributed by atoms with E-state index in [0.717, 1.165) is 31.5 Å². The molecule has 3 rings (SSSR count). The Labute approximate surface area is 143 Å². The first kappa shape index (κ1) is 17.4. The molecule has 2 aliphatic rings. The summed E-state index contributed by atoms with van der Waals surface area (Å²) in [5, 5.41) is 3.04. The van der Waals surface area contributed by atoms with Crippen LogP contribution >= 0.6 is 0 Å². The summed E-state index contributed by atoms with van der Waals surface area (Å²) < 4.78 is 13.5. The van der Waals surface area contributed by atoms with Crippen molar-refractivity contribution in [3.05, 3.63) is 18.2 Å². The van der Waals surface area contributed by atoms with Crippen molar-refractivity contribution >= 4 is 5.91 Å². The number of carbonyl (C=O) groups excluding carboxylic acids is 1. The second-order valence-corrected chi connectivity index (χ2v) is 6.99. The van der Waals surface area contributed by atoms with Crippen molar-refractivity contribution in [3.8, 4) is 0 Å². The zero-order chi connectivity index (χ0) is 17.2. The van der Waals surface area contributed by atoms with Gasteiger partial charge >= 0.3 is 0 Å². The number of nitrogens with one attached hydrogen (secondary N) is 1. The lowest BCUT2D eigenvalue weighted by Gasteiger charge is -2.41. The molecule has 134 valence electrons. The maximum atomic E-state index is 12.3. The van der Waals surface area contributed by atoms with Crippen LogP contribution in [0.15, 0.2) is 12.5 Å². The number of amides is 1. The minimum Gasteiger partial charge on any atom is -0.378 e. The van der Waals surface area contributed by atoms with Crippen LogP contribution in [0, 0.1) is 0 Å². The zero-order valence-corrected chi connectivity index (χ0v) is 14.8. The predicted octanol–water partition coefficient (Wildman–Crippen LogP) is 0.867. The highest BCUT2D eigenvalue weighted by molar-refractivity contribution is 5.77. The van der Waals surface area contributed by atoms with Gasteiger partial charge in [0.2, 0.25) is 5.91 Å². The third kappa shape index (κ3) is 3.48. The lowest BCUT2D eigenvalue weighted by Crippen LogP contribution is -2.50. The van der Waals surface area contributed by atoms with Crippen LogP contribution in [-0.4, -0.2) is 65.9 Å². The first-order chi connectivity index (χ1) is 11.5. The Morgan fingerprint density at radius 1 is 1.50 bits per heavy atom. The third-order valence-electron chi connectivity index (χ3n) is 5.44. The lowest BCUT2D eigenvalue weighted by molar-refractivity contribution is -0.135. The van der Waals surface area contributed by atoms with Crippen LogP contribution in [-0.2, 0) is 21.3 Å². The molecule has 7 nitrogen and oxygen atoms in total. The van der Waals surface area contributed by atoms with Gasteiger partial charge in [-0.05, 0) is 26.3 Å². The van der Waals surface area contributed by atoms with E-state index in [1.54, 1.807) is 13.4 Å². The average molecular weight is 336 g/mol. The lowest BCUT2D eigenvalue weighted by atomic mass is 9.77. The number of likely N-dealkylation sites (N-methyl/N-ethyl adjacent to an activating group) is 1. The number of imidazole rings is 1. The van der Waals surface area contributed by atoms with E-state index >= 15 is 0 Å². The molecule has 0 aromatic carbocycles. The first-order valence-corrected chi connectivity index (χ1v) is 8.64. The summed E-state index contributed by atoms with van der Waals surface area (Å²) in [7, 11) is 5.77. The van der Waals surface area contributed by atoms with Gasteiger partial charge in [0.05, 0.1) is 42.8 Å². The van der Waals surface area contributed by atoms with Gasteiger partial charge in [0, 0.05) is 33.4 Å². The highest BCUT2D eigenvalue weighted by atomic mass is 16.5. The summed E-state index contributed by atoms with van der Waals surface area (Å²) in [4.78, 5) is 18.8. The Hall–Kier alpha value is -1.44. The van der Waals surface area contributed by atoms with Crippen molar-refractivity contribution in [1.29, 1.82) is 0 Å². The molecule has 1 N–H and O–H groups in total. The molecule has 7 heteroatoms. The van der Waals surface area contributed by atoms with Gasteiger partial charge in [0.1, 0.15) is 0 Å². The van der Waals surface area contributed by atoms with E-state index in [2.05, 4.69) is 22.2 Å². The summed E-state index contributed by atoms with van der Waals surface area (Å²) in [6.07, 6.45) is 7.10. The van der Waals surface area contributed by atoms with Gasteiger partial charge < -0.3 is 19.4 Å². The van der Waals surface area contributed by atoms with Gasteiger partial charge in [-0.15, -0.1) is 0 Å². The van der Waals surface area contributed by atoms with E-state index in [1.165, 1.54) is 0 Å². The van der Waals surface area contributed by atoms with E-state index in [-0.39, 0.29) is 23.7 Å². The van der Waals surface area contributed by atoms with E-state index in [9.17, 15) is 4.79 Å². The number of aryl methyl sites for hydroxylation is 1. The third-order valence-corrected chi connectivity index (χ3v) is 5.44. The summed E-state index contributed by atoms with van der Waals surface area (Å²) in [5.74, 6) is 0.0390. The SMILES string of the molecule is COC1(CC(=O)NC[C@@H]2OCCN(C)[C@H]2c2cncn2C)CCC1. The van der Waals surface area contributed by atoms with E-state index in [1.807, 2.05) is 17.8 Å². The molecule has 1 aromatic rings. The number of carbonyl (C=O) groups is 1. The molecule has 24 heavy (non-hydrogen) atoms. The largest absolute Gasteiger partial charge is 0.378 e. The summed E-state index contributed by atoms with van der Waals surface area (Å²) in [5.41, 5.74) is 0.860. The van der Waals surface area contributed by atoms with Crippen molar-refractivity contribution < 1.29 is 14.3 Å². The Morgan fingerprint density at radius 3 is 2.88 bits per heavy atom. The fourth-order valence-corrected chi connectivity index (χ4v) is 3.70. The topological polar surface area (TPSA) is 68.6 Å². The number of hydrogen-bond acceptors (Lipinski definition) is 5. The second-order valence-electron chi connectivity index (χ2n) is 6.99. The molecule has 1 saturated carbocycles. The monoisotopic (exact) mass is 336 g/mol. The van der Waals surface area contributed by atoms with Gasteiger partial charge in [0.25, 0.3) is 0 Å². The Balaban J connectivity index is 1.60. The minimum atomic E-state index is -0.240. The van der Waals surface area contributed by atoms with Crippen LogP contribution in [0.5, 0.6) is 0 Å². The molecule has 1 aliphatic carbocycles. The maximum absolute atomic E-state index is 12.3. The normalized spacial score (nSPS) is 26.8. The molecule has 0 radical (unpaired) electrons. The number of rotatable bonds is 6. The second kappa shape index (κ2) is 7.21. The van der Waals surface area contributed by atoms with Crippen molar-refractivity contribution in [2.45, 2.75) is 43.4 Å². The number of nitrogens with zero attached hydrogens (tertiary/aromatic N) is 3. The molecule has 2 heterocycles. The fourth-order valence-electron chi connectivity index (χ4n) is 3.70. The number of aromatic nitrogens is 2. The van der Waals surface area contributed by atoms with Gasteiger partial charge in [-0.3, -0.25) is 9.69 Å². The molecule has 0 bridgehead atoms. The van der Waals surface area contributed by atoms with Gasteiger partial charge in [-0.2, -0.15) is 0 Å². The average Bonchev–Trinajstić information content (AvgIpc) is 2.94. The van der Waals surface area contributed by atoms with Crippen LogP contribution in [0.25, 0.3) is 0 Å². The van der Waals surface area contributed by atoms with E-state index < -0.39 is 0 Å². The van der Waals surface area contributed by atoms with Crippen molar-refractivity contribution in [2.24, 2.45) is 7.05 Å². The molecular formula is C17H28N4O3. The van der Waals surface area contributed by atoms with Crippen LogP contribution in [0.3, 0.4) is 0 Å². The summed E-state index contributed by atoms with van der Waals surface area (Å²) >= 11 is 0. The maximum Gasteiger partial charge on any atom is 0.222 e. The summed E-state index contributed by atoms with van der Waals surface area (Å²) in [6, 6.07) is 0.0895. The number of ether oxygens (including phenoxy) is 2. The molecule has 0 spiro atoms. The Kier molecular flexibility index (Phi) is 5.22. The standard InChI is InChI=1S/C17H28N4O3/c1-20-7-8-24-14(16(20)13-10-18-12-21(13)2)11-19-15(22)9-17(23-3)5-4-6-17/h10,12,14,16H,4-9,11H2,1-3H3,(H,19,22)/t14-,16-/m0/s1. The van der Waals surface area contributed by atoms with E-state index in [4.69, 9.17) is 9.47 Å². The molecule has 1 aromatic heterocycles. The number of hydrogen-bond donors (Lipinski definition) is 1. The molecule has 1 aliphatic heterocycles. The van der Waals surface area contributed by atoms with Crippen molar-refractivity contribution in [2.75, 3.05) is 33.9 Å². The van der Waals surface area contributed by atoms with Crippen LogP contribution in [0.1, 0.15) is 37.4 Å². The molecular weight excluding hydrogens is 308 g/mol. The van der Waals surface area contributed by atoms with Crippen LogP contribution < -0.4 is 5.32 Å². The number of morpholine rings is 1. The van der Waals surface area contributed by atoms with Crippen LogP contribution in [0.4, 0.5) is 0 Å². The van der Waals surface area contributed by atoms with Crippen LogP contribution in [0.2, 0.25) is 0 Å². The zero-order valence-electron chi connectivity index (χ0n) is 14.8. The summed E-state index contributed by atoms with van der Waals surface area (Å²) in [6.45, 7) is 2.04. The fraction of sp³-hybridized carbons (Fsp3) is 0.765. The van der Waals surface area contributed by atoms with Gasteiger partial charge in [0.15, 0.2) is 0 Å². The smallest absolute Gasteiger partial charge is 0.222 e. The quantitative estimate of drug-likeness (QED) is 0.835. The molecule has 1 amide bonds. The highest BCUT2D eigenvalue weighted by Crippen LogP contribution is 2.37. The molecule has 2 fully saturated rings. The highest BCUT2D eigenvalue weighted by Gasteiger charge is 2.39. The molecule has 1 saturated heterocycles. The van der Waals surface area contributed by atoms with Crippen molar-refractivity contribution in [1.82, 2.24) is 19.8 Å². The predicted molar refractivity (Wildman–Crippen MR) is 89.5 cm³/mol. The van der Waals surface area contributed by atoms with E-state index in [0.29, 0.717) is 19.6 Å². The Morgan fingerprint density at radius 2 is 2.29 bits per heavy atom. The molecule has 2 atom stereocenters. The first-order valence-electron chi connectivity index (χ1n) is 8.64. The minimum absolute atomic E-state index is 0.0390. The van der Waals surface area contributed by atoms with Gasteiger partial charge in [-0.1, -0.05) is 0 Å². The van der Waals surface area contributed by atoms with Gasteiger partial charge in [-0.25, -0.2) is 4.98 Å². The van der Waals surface area contributed by atoms with Crippen molar-refractivity contribution in [3.63, 3.8) is 0 Å². The molecule has 0 unspecified atom stereocenters.